The van der Waals surface area contributed by atoms with Crippen molar-refractivity contribution in [1.82, 2.24) is 14.6 Å². The number of piperidine rings is 1. The van der Waals surface area contributed by atoms with Crippen molar-refractivity contribution in [2.75, 3.05) is 19.6 Å². The largest absolute Gasteiger partial charge is 0.494 e. The summed E-state index contributed by atoms with van der Waals surface area (Å²) in [6, 6.07) is 22.9. The van der Waals surface area contributed by atoms with Crippen LogP contribution in [0.2, 0.25) is 0 Å². The summed E-state index contributed by atoms with van der Waals surface area (Å²) in [4.78, 5) is 10.7. The van der Waals surface area contributed by atoms with Crippen molar-refractivity contribution < 1.29 is 13.5 Å². The summed E-state index contributed by atoms with van der Waals surface area (Å²) < 4.78 is 29.5. The van der Waals surface area contributed by atoms with Crippen LogP contribution in [0.15, 0.2) is 82.7 Å². The Balaban J connectivity index is 1.33. The minimum atomic E-state index is -3.71. The Hall–Kier alpha value is -3.46. The topological polar surface area (TPSA) is 97.8 Å². The molecule has 1 saturated heterocycles. The maximum Gasteiger partial charge on any atom is 0.240 e. The second-order valence-electron chi connectivity index (χ2n) is 11.7. The van der Waals surface area contributed by atoms with Gasteiger partial charge in [0, 0.05) is 29.6 Å². The molecule has 6 rings (SSSR count). The lowest BCUT2D eigenvalue weighted by molar-refractivity contribution is 0.221. The van der Waals surface area contributed by atoms with E-state index in [0.29, 0.717) is 34.6 Å². The quantitative estimate of drug-likeness (QED) is 0.187. The van der Waals surface area contributed by atoms with Gasteiger partial charge in [-0.15, -0.1) is 0 Å². The Morgan fingerprint density at radius 1 is 0.905 bits per heavy atom. The highest BCUT2D eigenvalue weighted by atomic mass is 32.2. The zero-order valence-electron chi connectivity index (χ0n) is 24.1. The molecule has 2 aliphatic rings. The number of aromatic hydroxyl groups is 1. The molecule has 3 N–H and O–H groups in total. The summed E-state index contributed by atoms with van der Waals surface area (Å²) in [5.74, 6) is 0.339. The highest BCUT2D eigenvalue weighted by Crippen LogP contribution is 2.33. The van der Waals surface area contributed by atoms with Crippen LogP contribution in [0.25, 0.3) is 10.9 Å². The average Bonchev–Trinajstić information content (AvgIpc) is 3.36. The number of likely N-dealkylation sites (tertiary alicyclic amines) is 1. The SMILES string of the molecule is O=S(=O)(NCC1CCCCC1)c1ccc2[nH]c(O)c(C(=Nc3ccc(CN4CCCCC4)cc3)c3ccccc3)c2c1. The van der Waals surface area contributed by atoms with Crippen LogP contribution in [0.3, 0.4) is 0 Å². The number of nitrogens with one attached hydrogen (secondary N) is 2. The molecule has 2 heterocycles. The molecule has 8 heteroatoms. The van der Waals surface area contributed by atoms with Crippen molar-refractivity contribution in [3.05, 3.63) is 89.5 Å². The van der Waals surface area contributed by atoms with Gasteiger partial charge >= 0.3 is 0 Å². The summed E-state index contributed by atoms with van der Waals surface area (Å²) in [6.07, 6.45) is 9.51. The summed E-state index contributed by atoms with van der Waals surface area (Å²) in [6.45, 7) is 3.68. The number of aromatic nitrogens is 1. The van der Waals surface area contributed by atoms with E-state index in [1.807, 2.05) is 42.5 Å². The van der Waals surface area contributed by atoms with E-state index in [2.05, 4.69) is 26.7 Å². The van der Waals surface area contributed by atoms with Gasteiger partial charge in [-0.05, 0) is 80.6 Å². The second-order valence-corrected chi connectivity index (χ2v) is 13.5. The predicted molar refractivity (Wildman–Crippen MR) is 169 cm³/mol. The Bertz CT molecular complexity index is 1630. The first-order chi connectivity index (χ1) is 20.5. The Morgan fingerprint density at radius 2 is 1.62 bits per heavy atom. The van der Waals surface area contributed by atoms with Crippen molar-refractivity contribution >= 4 is 32.3 Å². The molecule has 2 fully saturated rings. The lowest BCUT2D eigenvalue weighted by Gasteiger charge is -2.26. The van der Waals surface area contributed by atoms with Gasteiger partial charge in [0.2, 0.25) is 10.0 Å². The van der Waals surface area contributed by atoms with Crippen LogP contribution in [0.4, 0.5) is 5.69 Å². The molecular formula is C34H40N4O3S. The molecule has 0 amide bonds. The lowest BCUT2D eigenvalue weighted by atomic mass is 9.90. The zero-order valence-corrected chi connectivity index (χ0v) is 24.9. The number of hydrogen-bond donors (Lipinski definition) is 3. The van der Waals surface area contributed by atoms with Crippen molar-refractivity contribution in [2.45, 2.75) is 62.8 Å². The highest BCUT2D eigenvalue weighted by molar-refractivity contribution is 7.89. The first kappa shape index (κ1) is 28.6. The number of fused-ring (bicyclic) bond motifs is 1. The number of aliphatic imine (C=N–C) groups is 1. The van der Waals surface area contributed by atoms with E-state index in [4.69, 9.17) is 4.99 Å². The number of aromatic amines is 1. The van der Waals surface area contributed by atoms with Crippen LogP contribution in [-0.2, 0) is 16.6 Å². The van der Waals surface area contributed by atoms with Crippen molar-refractivity contribution in [2.24, 2.45) is 10.9 Å². The Morgan fingerprint density at radius 3 is 2.36 bits per heavy atom. The fourth-order valence-corrected chi connectivity index (χ4v) is 7.45. The molecule has 1 saturated carbocycles. The second kappa shape index (κ2) is 12.8. The minimum Gasteiger partial charge on any atom is -0.494 e. The number of benzene rings is 3. The van der Waals surface area contributed by atoms with Gasteiger partial charge in [-0.3, -0.25) is 4.90 Å². The molecule has 1 aliphatic heterocycles. The van der Waals surface area contributed by atoms with Crippen LogP contribution in [-0.4, -0.2) is 48.8 Å². The first-order valence-electron chi connectivity index (χ1n) is 15.3. The van der Waals surface area contributed by atoms with Crippen LogP contribution in [0, 0.1) is 5.92 Å². The number of nitrogens with zero attached hydrogens (tertiary/aromatic N) is 2. The van der Waals surface area contributed by atoms with Gasteiger partial charge in [0.1, 0.15) is 0 Å². The summed E-state index contributed by atoms with van der Waals surface area (Å²) in [5.41, 5.74) is 4.56. The molecule has 0 spiro atoms. The summed E-state index contributed by atoms with van der Waals surface area (Å²) >= 11 is 0. The van der Waals surface area contributed by atoms with Gasteiger partial charge in [-0.25, -0.2) is 18.1 Å². The maximum atomic E-state index is 13.3. The van der Waals surface area contributed by atoms with Gasteiger partial charge in [0.15, 0.2) is 5.88 Å². The van der Waals surface area contributed by atoms with Crippen LogP contribution in [0.1, 0.15) is 68.1 Å². The molecule has 1 aliphatic carbocycles. The monoisotopic (exact) mass is 584 g/mol. The molecule has 220 valence electrons. The smallest absolute Gasteiger partial charge is 0.240 e. The molecule has 0 bridgehead atoms. The molecular weight excluding hydrogens is 544 g/mol. The number of rotatable bonds is 9. The third-order valence-electron chi connectivity index (χ3n) is 8.66. The third kappa shape index (κ3) is 6.61. The molecule has 3 aromatic carbocycles. The standard InChI is InChI=1S/C34H40N4O3S/c39-34-32(30-22-29(18-19-31(30)37-34)42(40,41)35-23-25-10-4-1-5-11-25)33(27-12-6-2-7-13-27)36-28-16-14-26(15-17-28)24-38-20-8-3-9-21-38/h2,6-7,12-19,22,25,35,37,39H,1,3-5,8-11,20-21,23-24H2. The van der Waals surface area contributed by atoms with Crippen LogP contribution < -0.4 is 4.72 Å². The molecule has 4 aromatic rings. The fourth-order valence-electron chi connectivity index (χ4n) is 6.31. The maximum absolute atomic E-state index is 13.3. The minimum absolute atomic E-state index is 0.0426. The van der Waals surface area contributed by atoms with Gasteiger partial charge in [0.05, 0.1) is 21.9 Å². The van der Waals surface area contributed by atoms with E-state index >= 15 is 0 Å². The average molecular weight is 585 g/mol. The Labute approximate surface area is 248 Å². The number of hydrogen-bond acceptors (Lipinski definition) is 5. The van der Waals surface area contributed by atoms with E-state index in [9.17, 15) is 13.5 Å². The molecule has 0 unspecified atom stereocenters. The normalized spacial score (nSPS) is 17.6. The summed E-state index contributed by atoms with van der Waals surface area (Å²) in [5, 5.41) is 11.7. The van der Waals surface area contributed by atoms with E-state index in [1.165, 1.54) is 31.2 Å². The molecule has 0 radical (unpaired) electrons. The van der Waals surface area contributed by atoms with E-state index < -0.39 is 10.0 Å². The van der Waals surface area contributed by atoms with Gasteiger partial charge in [0.25, 0.3) is 0 Å². The van der Waals surface area contributed by atoms with E-state index in [0.717, 1.165) is 56.6 Å². The number of H-pyrrole nitrogens is 1. The van der Waals surface area contributed by atoms with Gasteiger partial charge in [-0.2, -0.15) is 0 Å². The van der Waals surface area contributed by atoms with Crippen molar-refractivity contribution in [3.63, 3.8) is 0 Å². The molecule has 1 aromatic heterocycles. The summed E-state index contributed by atoms with van der Waals surface area (Å²) in [7, 11) is -3.71. The molecule has 7 nitrogen and oxygen atoms in total. The zero-order chi connectivity index (χ0) is 28.9. The van der Waals surface area contributed by atoms with E-state index in [1.54, 1.807) is 18.2 Å². The fraction of sp³-hybridized carbons (Fsp3) is 0.382. The number of sulfonamides is 1. The van der Waals surface area contributed by atoms with Gasteiger partial charge < -0.3 is 10.1 Å². The van der Waals surface area contributed by atoms with Crippen molar-refractivity contribution in [3.8, 4) is 5.88 Å². The first-order valence-corrected chi connectivity index (χ1v) is 16.7. The van der Waals surface area contributed by atoms with Crippen molar-refractivity contribution in [1.29, 1.82) is 0 Å². The van der Waals surface area contributed by atoms with E-state index in [-0.39, 0.29) is 10.8 Å². The molecule has 42 heavy (non-hydrogen) atoms. The van der Waals surface area contributed by atoms with Gasteiger partial charge in [-0.1, -0.05) is 68.1 Å². The predicted octanol–water partition coefficient (Wildman–Crippen LogP) is 6.89. The highest BCUT2D eigenvalue weighted by Gasteiger charge is 2.23. The lowest BCUT2D eigenvalue weighted by Crippen LogP contribution is -2.30. The van der Waals surface area contributed by atoms with Crippen LogP contribution in [0.5, 0.6) is 5.88 Å². The third-order valence-corrected chi connectivity index (χ3v) is 10.1. The Kier molecular flexibility index (Phi) is 8.74. The van der Waals surface area contributed by atoms with Crippen LogP contribution >= 0.6 is 0 Å². The molecule has 0 atom stereocenters.